The first-order chi connectivity index (χ1) is 12.7. The van der Waals surface area contributed by atoms with Crippen molar-refractivity contribution in [3.63, 3.8) is 0 Å². The van der Waals surface area contributed by atoms with Crippen molar-refractivity contribution in [2.75, 3.05) is 45.5 Å². The van der Waals surface area contributed by atoms with E-state index in [1.165, 1.54) is 17.8 Å². The molecule has 138 valence electrons. The zero-order valence-corrected chi connectivity index (χ0v) is 16.5. The van der Waals surface area contributed by atoms with Gasteiger partial charge >= 0.3 is 0 Å². The molecule has 1 unspecified atom stereocenters. The number of rotatable bonds is 5. The van der Waals surface area contributed by atoms with Crippen LogP contribution in [0.5, 0.6) is 0 Å². The van der Waals surface area contributed by atoms with Crippen LogP contribution in [0.4, 0.5) is 0 Å². The molecule has 1 aliphatic heterocycles. The van der Waals surface area contributed by atoms with Gasteiger partial charge in [-0.2, -0.15) is 0 Å². The summed E-state index contributed by atoms with van der Waals surface area (Å²) in [5.74, 6) is 0.631. The van der Waals surface area contributed by atoms with E-state index in [-0.39, 0.29) is 0 Å². The Morgan fingerprint density at radius 2 is 2.00 bits per heavy atom. The van der Waals surface area contributed by atoms with E-state index in [1.54, 1.807) is 4.52 Å². The summed E-state index contributed by atoms with van der Waals surface area (Å²) < 4.78 is 15.1. The van der Waals surface area contributed by atoms with Gasteiger partial charge in [-0.1, -0.05) is 41.7 Å². The molecule has 6 nitrogen and oxygen atoms in total. The smallest absolute Gasteiger partial charge is 0.213 e. The third-order valence-electron chi connectivity index (χ3n) is 4.69. The van der Waals surface area contributed by atoms with Crippen molar-refractivity contribution >= 4 is 27.1 Å². The molecule has 1 saturated heterocycles. The number of nitrogens with zero attached hydrogens (tertiary/aromatic N) is 5. The maximum absolute atomic E-state index is 12.6. The van der Waals surface area contributed by atoms with Gasteiger partial charge in [0.2, 0.25) is 9.30 Å². The lowest BCUT2D eigenvalue weighted by molar-refractivity contribution is 0.290. The van der Waals surface area contributed by atoms with Gasteiger partial charge in [0, 0.05) is 31.0 Å². The minimum absolute atomic E-state index is 0.631. The molecule has 4 rings (SSSR count). The number of benzene rings is 1. The van der Waals surface area contributed by atoms with Crippen LogP contribution in [0.2, 0.25) is 0 Å². The average molecular weight is 390 g/mol. The van der Waals surface area contributed by atoms with Crippen LogP contribution in [0.25, 0.3) is 16.2 Å². The highest BCUT2D eigenvalue weighted by Gasteiger charge is 2.17. The van der Waals surface area contributed by atoms with Crippen molar-refractivity contribution in [3.8, 4) is 11.3 Å². The third kappa shape index (κ3) is 4.03. The van der Waals surface area contributed by atoms with E-state index < -0.39 is 10.8 Å². The van der Waals surface area contributed by atoms with Crippen LogP contribution < -0.4 is 0 Å². The van der Waals surface area contributed by atoms with Crippen LogP contribution >= 0.6 is 11.3 Å². The fourth-order valence-electron chi connectivity index (χ4n) is 3.14. The molecular weight excluding hydrogens is 366 g/mol. The molecule has 1 aromatic carbocycles. The lowest BCUT2D eigenvalue weighted by Gasteiger charge is -2.19. The van der Waals surface area contributed by atoms with Crippen molar-refractivity contribution in [2.24, 2.45) is 0 Å². The van der Waals surface area contributed by atoms with Crippen molar-refractivity contribution < 1.29 is 4.21 Å². The molecule has 0 saturated carbocycles. The fraction of sp³-hybridized carbons (Fsp3) is 0.444. The summed E-state index contributed by atoms with van der Waals surface area (Å²) in [5, 5.41) is 4.50. The molecule has 0 aliphatic carbocycles. The summed E-state index contributed by atoms with van der Waals surface area (Å²) >= 11 is 1.43. The van der Waals surface area contributed by atoms with Gasteiger partial charge < -0.3 is 9.80 Å². The summed E-state index contributed by atoms with van der Waals surface area (Å²) in [6.45, 7) is 5.23. The normalized spacial score (nSPS) is 18.2. The van der Waals surface area contributed by atoms with Crippen molar-refractivity contribution in [3.05, 3.63) is 36.5 Å². The molecule has 26 heavy (non-hydrogen) atoms. The van der Waals surface area contributed by atoms with Crippen LogP contribution in [0.15, 0.2) is 40.9 Å². The monoisotopic (exact) mass is 389 g/mol. The topological polar surface area (TPSA) is 53.7 Å². The number of hydrogen-bond acceptors (Lipinski definition) is 6. The van der Waals surface area contributed by atoms with Gasteiger partial charge in [-0.3, -0.25) is 4.21 Å². The van der Waals surface area contributed by atoms with Crippen molar-refractivity contribution in [1.29, 1.82) is 0 Å². The quantitative estimate of drug-likeness (QED) is 0.670. The minimum atomic E-state index is -1.07. The standard InChI is InChI=1S/C18H23N5OS2/c1-21-8-5-9-22(11-10-21)12-13-26(24)18-20-23-14-16(19-17(23)25-18)15-6-3-2-4-7-15/h2-4,6-7,14H,5,8-13H2,1H3. The van der Waals surface area contributed by atoms with Crippen molar-refractivity contribution in [1.82, 2.24) is 24.4 Å². The molecule has 1 aliphatic rings. The van der Waals surface area contributed by atoms with Crippen molar-refractivity contribution in [2.45, 2.75) is 10.8 Å². The second-order valence-electron chi connectivity index (χ2n) is 6.64. The summed E-state index contributed by atoms with van der Waals surface area (Å²) in [7, 11) is 1.09. The fourth-order valence-corrected chi connectivity index (χ4v) is 5.38. The molecule has 1 fully saturated rings. The lowest BCUT2D eigenvalue weighted by Crippen LogP contribution is -2.32. The molecule has 3 aromatic rings. The first-order valence-corrected chi connectivity index (χ1v) is 11.0. The molecule has 8 heteroatoms. The maximum Gasteiger partial charge on any atom is 0.213 e. The SMILES string of the molecule is CN1CCCN(CCS(=O)c2nn3cc(-c4ccccc4)nc3s2)CC1. The van der Waals surface area contributed by atoms with Gasteiger partial charge in [-0.25, -0.2) is 9.50 Å². The van der Waals surface area contributed by atoms with E-state index in [1.807, 2.05) is 36.5 Å². The maximum atomic E-state index is 12.6. The minimum Gasteiger partial charge on any atom is -0.305 e. The van der Waals surface area contributed by atoms with E-state index in [9.17, 15) is 4.21 Å². The number of aromatic nitrogens is 3. The average Bonchev–Trinajstić information content (AvgIpc) is 3.16. The second-order valence-corrected chi connectivity index (χ2v) is 9.34. The first kappa shape index (κ1) is 17.8. The Morgan fingerprint density at radius 3 is 2.81 bits per heavy atom. The Hall–Kier alpha value is -1.61. The Morgan fingerprint density at radius 1 is 1.15 bits per heavy atom. The molecule has 2 aromatic heterocycles. The highest BCUT2D eigenvalue weighted by molar-refractivity contribution is 7.87. The van der Waals surface area contributed by atoms with Crippen LogP contribution in [-0.2, 0) is 10.8 Å². The molecule has 0 amide bonds. The van der Waals surface area contributed by atoms with E-state index >= 15 is 0 Å². The first-order valence-electron chi connectivity index (χ1n) is 8.90. The molecular formula is C18H23N5OS2. The highest BCUT2D eigenvalue weighted by atomic mass is 32.2. The molecule has 0 N–H and O–H groups in total. The van der Waals surface area contributed by atoms with E-state index in [0.717, 1.165) is 48.9 Å². The number of likely N-dealkylation sites (N-methyl/N-ethyl adjacent to an activating group) is 1. The summed E-state index contributed by atoms with van der Waals surface area (Å²) in [5.41, 5.74) is 1.97. The Bertz CT molecular complexity index is 860. The van der Waals surface area contributed by atoms with Crippen LogP contribution in [0.1, 0.15) is 6.42 Å². The summed E-state index contributed by atoms with van der Waals surface area (Å²) in [4.78, 5) is 10.2. The highest BCUT2D eigenvalue weighted by Crippen LogP contribution is 2.23. The van der Waals surface area contributed by atoms with Gasteiger partial charge in [0.25, 0.3) is 0 Å². The number of hydrogen-bond donors (Lipinski definition) is 0. The number of fused-ring (bicyclic) bond motifs is 1. The van der Waals surface area contributed by atoms with Crippen LogP contribution in [0.3, 0.4) is 0 Å². The Balaban J connectivity index is 1.40. The Labute approximate surface area is 159 Å². The molecule has 0 spiro atoms. The van der Waals surface area contributed by atoms with Gasteiger partial charge in [0.15, 0.2) is 0 Å². The van der Waals surface area contributed by atoms with Gasteiger partial charge in [-0.15, -0.1) is 5.10 Å². The van der Waals surface area contributed by atoms with E-state index in [2.05, 4.69) is 26.9 Å². The lowest BCUT2D eigenvalue weighted by atomic mass is 10.2. The second kappa shape index (κ2) is 7.96. The molecule has 3 heterocycles. The third-order valence-corrected chi connectivity index (χ3v) is 7.24. The van der Waals surface area contributed by atoms with E-state index in [4.69, 9.17) is 0 Å². The summed E-state index contributed by atoms with van der Waals surface area (Å²) in [6, 6.07) is 10.0. The Kier molecular flexibility index (Phi) is 5.44. The number of imidazole rings is 1. The van der Waals surface area contributed by atoms with Gasteiger partial charge in [0.1, 0.15) is 0 Å². The molecule has 0 bridgehead atoms. The predicted octanol–water partition coefficient (Wildman–Crippen LogP) is 2.20. The summed E-state index contributed by atoms with van der Waals surface area (Å²) in [6.07, 6.45) is 3.09. The predicted molar refractivity (Wildman–Crippen MR) is 106 cm³/mol. The zero-order valence-electron chi connectivity index (χ0n) is 14.9. The van der Waals surface area contributed by atoms with Gasteiger partial charge in [0.05, 0.1) is 22.7 Å². The molecule has 0 radical (unpaired) electrons. The van der Waals surface area contributed by atoms with Crippen LogP contribution in [-0.4, -0.2) is 74.1 Å². The zero-order chi connectivity index (χ0) is 17.9. The van der Waals surface area contributed by atoms with Crippen LogP contribution in [0, 0.1) is 0 Å². The largest absolute Gasteiger partial charge is 0.305 e. The molecule has 1 atom stereocenters. The van der Waals surface area contributed by atoms with Gasteiger partial charge in [-0.05, 0) is 26.6 Å². The van der Waals surface area contributed by atoms with E-state index in [0.29, 0.717) is 10.1 Å².